The van der Waals surface area contributed by atoms with E-state index in [1.807, 2.05) is 0 Å². The molecule has 1 heterocycles. The molecule has 1 saturated heterocycles. The quantitative estimate of drug-likeness (QED) is 0.478. The Kier molecular flexibility index (Phi) is 5.70. The van der Waals surface area contributed by atoms with Gasteiger partial charge in [0, 0.05) is 17.9 Å². The first-order chi connectivity index (χ1) is 16.0. The standard InChI is InChI=1S/C29H40O4Si/c1-26(2,3)33-25-28(19-30)17-23(28)24(29(25)20-31-29)18-32-34(27(4,5)6,21-13-9-7-10-14-21)22-15-11-8-12-16-22/h7-16,23-25,30H,17-20H2,1-6H3/t23-,24-,25-,28+,29+/m1/s1. The minimum atomic E-state index is -2.62. The van der Waals surface area contributed by atoms with Gasteiger partial charge >= 0.3 is 0 Å². The van der Waals surface area contributed by atoms with E-state index in [9.17, 15) is 5.11 Å². The molecule has 1 N–H and O–H groups in total. The molecule has 184 valence electrons. The highest BCUT2D eigenvalue weighted by Gasteiger charge is 2.82. The van der Waals surface area contributed by atoms with E-state index in [-0.39, 0.29) is 40.3 Å². The van der Waals surface area contributed by atoms with Gasteiger partial charge in [0.05, 0.1) is 24.9 Å². The first-order valence-corrected chi connectivity index (χ1v) is 14.6. The monoisotopic (exact) mass is 480 g/mol. The first kappa shape index (κ1) is 24.2. The minimum absolute atomic E-state index is 0.0647. The molecule has 3 aliphatic rings. The van der Waals surface area contributed by atoms with Gasteiger partial charge < -0.3 is 19.0 Å². The van der Waals surface area contributed by atoms with E-state index in [0.29, 0.717) is 19.1 Å². The summed E-state index contributed by atoms with van der Waals surface area (Å²) in [6, 6.07) is 21.6. The molecule has 0 bridgehead atoms. The molecule has 2 saturated carbocycles. The van der Waals surface area contributed by atoms with E-state index >= 15 is 0 Å². The van der Waals surface area contributed by atoms with Crippen molar-refractivity contribution in [2.24, 2.45) is 17.3 Å². The molecule has 1 aliphatic heterocycles. The van der Waals surface area contributed by atoms with E-state index in [1.165, 1.54) is 10.4 Å². The van der Waals surface area contributed by atoms with Crippen LogP contribution in [0.2, 0.25) is 5.04 Å². The van der Waals surface area contributed by atoms with Gasteiger partial charge in [-0.25, -0.2) is 0 Å². The molecule has 34 heavy (non-hydrogen) atoms. The zero-order valence-electron chi connectivity index (χ0n) is 21.5. The Morgan fingerprint density at radius 1 is 0.941 bits per heavy atom. The molecule has 0 radical (unpaired) electrons. The Morgan fingerprint density at radius 3 is 1.88 bits per heavy atom. The topological polar surface area (TPSA) is 51.2 Å². The lowest BCUT2D eigenvalue weighted by molar-refractivity contribution is -0.126. The van der Waals surface area contributed by atoms with Crippen LogP contribution in [0.25, 0.3) is 0 Å². The van der Waals surface area contributed by atoms with Crippen molar-refractivity contribution in [1.82, 2.24) is 0 Å². The summed E-state index contributed by atoms with van der Waals surface area (Å²) < 4.78 is 20.1. The van der Waals surface area contributed by atoms with Crippen molar-refractivity contribution >= 4 is 18.7 Å². The predicted molar refractivity (Wildman–Crippen MR) is 138 cm³/mol. The third-order valence-corrected chi connectivity index (χ3v) is 13.4. The maximum absolute atomic E-state index is 10.5. The third-order valence-electron chi connectivity index (χ3n) is 8.40. The van der Waals surface area contributed by atoms with Crippen molar-refractivity contribution < 1.29 is 19.0 Å². The largest absolute Gasteiger partial charge is 0.407 e. The fraction of sp³-hybridized carbons (Fsp3) is 0.586. The summed E-state index contributed by atoms with van der Waals surface area (Å²) in [5.74, 6) is 0.610. The summed E-state index contributed by atoms with van der Waals surface area (Å²) in [6.07, 6.45) is 0.909. The number of fused-ring (bicyclic) bond motifs is 1. The number of benzene rings is 2. The van der Waals surface area contributed by atoms with Crippen LogP contribution in [0, 0.1) is 17.3 Å². The molecule has 2 aromatic carbocycles. The summed E-state index contributed by atoms with van der Waals surface area (Å²) in [5.41, 5.74) is -0.805. The van der Waals surface area contributed by atoms with Crippen molar-refractivity contribution in [3.63, 3.8) is 0 Å². The van der Waals surface area contributed by atoms with Crippen LogP contribution in [-0.4, -0.2) is 50.6 Å². The van der Waals surface area contributed by atoms with Gasteiger partial charge in [-0.2, -0.15) is 0 Å². The number of hydrogen-bond donors (Lipinski definition) is 1. The molecule has 2 aromatic rings. The fourth-order valence-electron chi connectivity index (χ4n) is 6.73. The van der Waals surface area contributed by atoms with Crippen molar-refractivity contribution in [2.45, 2.75) is 70.3 Å². The van der Waals surface area contributed by atoms with Crippen LogP contribution < -0.4 is 10.4 Å². The first-order valence-electron chi connectivity index (χ1n) is 12.7. The molecule has 0 aromatic heterocycles. The molecule has 5 rings (SSSR count). The minimum Gasteiger partial charge on any atom is -0.407 e. The highest BCUT2D eigenvalue weighted by atomic mass is 28.4. The van der Waals surface area contributed by atoms with E-state index in [2.05, 4.69) is 102 Å². The number of aliphatic hydroxyl groups excluding tert-OH is 1. The summed E-state index contributed by atoms with van der Waals surface area (Å²) in [5, 5.41) is 13.0. The second-order valence-electron chi connectivity index (χ2n) is 12.6. The van der Waals surface area contributed by atoms with Crippen molar-refractivity contribution in [3.8, 4) is 0 Å². The summed E-state index contributed by atoms with van der Waals surface area (Å²) >= 11 is 0. The Morgan fingerprint density at radius 2 is 1.47 bits per heavy atom. The van der Waals surface area contributed by atoms with Crippen molar-refractivity contribution in [1.29, 1.82) is 0 Å². The van der Waals surface area contributed by atoms with E-state index in [4.69, 9.17) is 13.9 Å². The highest BCUT2D eigenvalue weighted by molar-refractivity contribution is 6.99. The van der Waals surface area contributed by atoms with Gasteiger partial charge in [-0.3, -0.25) is 0 Å². The lowest BCUT2D eigenvalue weighted by Crippen LogP contribution is -2.67. The van der Waals surface area contributed by atoms with Crippen LogP contribution in [0.15, 0.2) is 60.7 Å². The summed E-state index contributed by atoms with van der Waals surface area (Å²) in [4.78, 5) is 0. The van der Waals surface area contributed by atoms with Gasteiger partial charge in [0.25, 0.3) is 8.32 Å². The van der Waals surface area contributed by atoms with E-state index < -0.39 is 8.32 Å². The molecule has 0 unspecified atom stereocenters. The van der Waals surface area contributed by atoms with Gasteiger partial charge in [-0.05, 0) is 48.5 Å². The zero-order chi connectivity index (χ0) is 24.4. The molecule has 5 atom stereocenters. The lowest BCUT2D eigenvalue weighted by Gasteiger charge is -2.44. The van der Waals surface area contributed by atoms with Crippen molar-refractivity contribution in [3.05, 3.63) is 60.7 Å². The van der Waals surface area contributed by atoms with Crippen LogP contribution in [0.1, 0.15) is 48.0 Å². The molecule has 1 spiro atoms. The van der Waals surface area contributed by atoms with Crippen molar-refractivity contribution in [2.75, 3.05) is 19.8 Å². The second kappa shape index (κ2) is 8.00. The smallest absolute Gasteiger partial charge is 0.261 e. The Balaban J connectivity index is 1.52. The Hall–Kier alpha value is -1.50. The van der Waals surface area contributed by atoms with E-state index in [0.717, 1.165) is 6.42 Å². The molecular formula is C29H40O4Si. The van der Waals surface area contributed by atoms with Gasteiger partial charge in [0.15, 0.2) is 0 Å². The molecule has 5 heteroatoms. The predicted octanol–water partition coefficient (Wildman–Crippen LogP) is 4.14. The normalized spacial score (nSPS) is 32.6. The van der Waals surface area contributed by atoms with E-state index in [1.54, 1.807) is 0 Å². The summed E-state index contributed by atoms with van der Waals surface area (Å²) in [7, 11) is -2.62. The van der Waals surface area contributed by atoms with Crippen LogP contribution in [0.5, 0.6) is 0 Å². The van der Waals surface area contributed by atoms with Crippen LogP contribution in [0.4, 0.5) is 0 Å². The average molecular weight is 481 g/mol. The highest BCUT2D eigenvalue weighted by Crippen LogP contribution is 2.74. The van der Waals surface area contributed by atoms with Gasteiger partial charge in [-0.1, -0.05) is 81.4 Å². The van der Waals surface area contributed by atoms with Crippen LogP contribution >= 0.6 is 0 Å². The molecule has 4 nitrogen and oxygen atoms in total. The fourth-order valence-corrected chi connectivity index (χ4v) is 11.3. The van der Waals surface area contributed by atoms with Gasteiger partial charge in [-0.15, -0.1) is 0 Å². The lowest BCUT2D eigenvalue weighted by atomic mass is 9.88. The second-order valence-corrected chi connectivity index (χ2v) is 16.9. The number of hydrogen-bond acceptors (Lipinski definition) is 4. The average Bonchev–Trinajstić information content (AvgIpc) is 3.70. The zero-order valence-corrected chi connectivity index (χ0v) is 22.5. The number of ether oxygens (including phenoxy) is 2. The van der Waals surface area contributed by atoms with Gasteiger partial charge in [0.1, 0.15) is 5.60 Å². The maximum Gasteiger partial charge on any atom is 0.261 e. The molecule has 3 fully saturated rings. The maximum atomic E-state index is 10.5. The number of aliphatic hydroxyl groups is 1. The number of rotatable bonds is 7. The Bertz CT molecular complexity index is 966. The molecule has 0 amide bonds. The molecular weight excluding hydrogens is 440 g/mol. The third kappa shape index (κ3) is 3.63. The molecule has 2 aliphatic carbocycles. The van der Waals surface area contributed by atoms with Gasteiger partial charge in [0.2, 0.25) is 0 Å². The SMILES string of the molecule is CC(C)(C)O[C@@H]1[C@]2(CO)C[C@@H]2[C@@H](CO[Si](c2ccccc2)(c2ccccc2)C(C)(C)C)[C@@]12CO2. The van der Waals surface area contributed by atoms with Crippen LogP contribution in [0.3, 0.4) is 0 Å². The summed E-state index contributed by atoms with van der Waals surface area (Å²) in [6.45, 7) is 14.7. The Labute approximate surface area is 205 Å². The number of epoxide rings is 1. The van der Waals surface area contributed by atoms with Crippen LogP contribution in [-0.2, 0) is 13.9 Å².